The first-order valence-corrected chi connectivity index (χ1v) is 11.3. The Balaban J connectivity index is 1.39. The van der Waals surface area contributed by atoms with Crippen molar-refractivity contribution in [1.82, 2.24) is 14.5 Å². The first-order chi connectivity index (χ1) is 13.5. The van der Waals surface area contributed by atoms with Crippen LogP contribution in [0.1, 0.15) is 41.5 Å². The summed E-state index contributed by atoms with van der Waals surface area (Å²) in [6.45, 7) is 1.34. The number of rotatable bonds is 3. The number of carbonyl (C=O) groups is 1. The molecule has 0 saturated carbocycles. The van der Waals surface area contributed by atoms with Crippen molar-refractivity contribution >= 4 is 27.6 Å². The van der Waals surface area contributed by atoms with Crippen LogP contribution in [0.2, 0.25) is 0 Å². The number of amides is 2. The molecule has 2 aliphatic carbocycles. The number of carbonyl (C=O) groups excluding carboxylic acids is 1. The highest BCUT2D eigenvalue weighted by atomic mass is 32.2. The van der Waals surface area contributed by atoms with E-state index in [0.29, 0.717) is 18.9 Å². The molecular weight excluding hydrogens is 378 g/mol. The standard InChI is InChI=1S/C19H23N5O3S/c25-19(23-28(26,27)17-11-21-24-9-3-8-20-18(17)24)22-16-10-12-4-1-5-13(12)14-6-2-7-15(14)16/h10-11,20H,1-9H2,(H2,22,23,25). The number of nitrogens with zero attached hydrogens (tertiary/aromatic N) is 2. The number of hydrogen-bond acceptors (Lipinski definition) is 5. The molecule has 0 radical (unpaired) electrons. The molecule has 0 atom stereocenters. The number of anilines is 2. The van der Waals surface area contributed by atoms with Gasteiger partial charge in [0.25, 0.3) is 10.0 Å². The number of nitrogens with one attached hydrogen (secondary N) is 3. The van der Waals surface area contributed by atoms with E-state index in [1.165, 1.54) is 22.9 Å². The number of fused-ring (bicyclic) bond motifs is 4. The smallest absolute Gasteiger partial charge is 0.333 e. The highest BCUT2D eigenvalue weighted by Gasteiger charge is 2.28. The highest BCUT2D eigenvalue weighted by molar-refractivity contribution is 7.90. The van der Waals surface area contributed by atoms with Gasteiger partial charge in [0.2, 0.25) is 0 Å². The first kappa shape index (κ1) is 17.5. The Morgan fingerprint density at radius 2 is 1.86 bits per heavy atom. The van der Waals surface area contributed by atoms with Crippen molar-refractivity contribution < 1.29 is 13.2 Å². The van der Waals surface area contributed by atoms with Crippen LogP contribution in [-0.4, -0.2) is 30.8 Å². The summed E-state index contributed by atoms with van der Waals surface area (Å²) in [4.78, 5) is 12.5. The maximum Gasteiger partial charge on any atom is 0.333 e. The van der Waals surface area contributed by atoms with Gasteiger partial charge in [-0.15, -0.1) is 0 Å². The molecule has 1 aromatic carbocycles. The molecular formula is C19H23N5O3S. The Hall–Kier alpha value is -2.55. The number of benzene rings is 1. The summed E-state index contributed by atoms with van der Waals surface area (Å²) >= 11 is 0. The van der Waals surface area contributed by atoms with E-state index in [9.17, 15) is 13.2 Å². The summed E-state index contributed by atoms with van der Waals surface area (Å²) in [5.41, 5.74) is 6.01. The lowest BCUT2D eigenvalue weighted by Gasteiger charge is -2.17. The van der Waals surface area contributed by atoms with Crippen molar-refractivity contribution in [2.24, 2.45) is 0 Å². The molecule has 2 heterocycles. The SMILES string of the molecule is O=C(Nc1cc2c(c3c1CCC3)CCC2)NS(=O)(=O)c1cnn2c1NCCC2. The average molecular weight is 401 g/mol. The molecule has 0 saturated heterocycles. The second-order valence-electron chi connectivity index (χ2n) is 7.65. The quantitative estimate of drug-likeness (QED) is 0.731. The van der Waals surface area contributed by atoms with E-state index >= 15 is 0 Å². The van der Waals surface area contributed by atoms with Gasteiger partial charge in [0.05, 0.1) is 6.20 Å². The normalized spacial score (nSPS) is 17.4. The molecule has 0 spiro atoms. The maximum atomic E-state index is 12.7. The second kappa shape index (κ2) is 6.51. The van der Waals surface area contributed by atoms with Crippen molar-refractivity contribution in [3.05, 3.63) is 34.5 Å². The van der Waals surface area contributed by atoms with E-state index in [2.05, 4.69) is 20.5 Å². The molecule has 28 heavy (non-hydrogen) atoms. The Labute approximate surface area is 163 Å². The minimum absolute atomic E-state index is 0.00142. The van der Waals surface area contributed by atoms with Crippen molar-refractivity contribution in [2.75, 3.05) is 17.2 Å². The van der Waals surface area contributed by atoms with E-state index in [0.717, 1.165) is 56.2 Å². The summed E-state index contributed by atoms with van der Waals surface area (Å²) in [5, 5.41) is 9.95. The van der Waals surface area contributed by atoms with Gasteiger partial charge in [-0.05, 0) is 73.3 Å². The monoisotopic (exact) mass is 401 g/mol. The van der Waals surface area contributed by atoms with Gasteiger partial charge in [-0.2, -0.15) is 5.10 Å². The fraction of sp³-hybridized carbons (Fsp3) is 0.474. The van der Waals surface area contributed by atoms with Crippen LogP contribution in [0.25, 0.3) is 0 Å². The van der Waals surface area contributed by atoms with Gasteiger partial charge in [-0.3, -0.25) is 0 Å². The van der Waals surface area contributed by atoms with Gasteiger partial charge in [-0.25, -0.2) is 22.6 Å². The average Bonchev–Trinajstić information content (AvgIpc) is 3.39. The maximum absolute atomic E-state index is 12.7. The van der Waals surface area contributed by atoms with Crippen LogP contribution in [0.15, 0.2) is 17.2 Å². The fourth-order valence-corrected chi connectivity index (χ4v) is 5.71. The third-order valence-electron chi connectivity index (χ3n) is 5.90. The van der Waals surface area contributed by atoms with Crippen molar-refractivity contribution in [3.63, 3.8) is 0 Å². The highest BCUT2D eigenvalue weighted by Crippen LogP contribution is 2.38. The van der Waals surface area contributed by atoms with Crippen molar-refractivity contribution in [1.29, 1.82) is 0 Å². The number of urea groups is 1. The Morgan fingerprint density at radius 3 is 2.75 bits per heavy atom. The topological polar surface area (TPSA) is 105 Å². The van der Waals surface area contributed by atoms with Gasteiger partial charge in [-0.1, -0.05) is 0 Å². The zero-order valence-electron chi connectivity index (χ0n) is 15.5. The minimum atomic E-state index is -4.01. The van der Waals surface area contributed by atoms with E-state index in [1.807, 2.05) is 6.07 Å². The van der Waals surface area contributed by atoms with E-state index in [4.69, 9.17) is 0 Å². The van der Waals surface area contributed by atoms with Gasteiger partial charge in [0, 0.05) is 18.8 Å². The van der Waals surface area contributed by atoms with E-state index < -0.39 is 16.1 Å². The lowest BCUT2D eigenvalue weighted by Crippen LogP contribution is -2.35. The molecule has 148 valence electrons. The largest absolute Gasteiger partial charge is 0.369 e. The number of hydrogen-bond donors (Lipinski definition) is 3. The van der Waals surface area contributed by atoms with Gasteiger partial charge in [0.15, 0.2) is 0 Å². The Morgan fingerprint density at radius 1 is 1.07 bits per heavy atom. The Kier molecular flexibility index (Phi) is 4.08. The number of aromatic nitrogens is 2. The summed E-state index contributed by atoms with van der Waals surface area (Å²) in [5.74, 6) is 0.435. The molecule has 2 aromatic rings. The summed E-state index contributed by atoms with van der Waals surface area (Å²) in [6, 6.07) is 1.30. The van der Waals surface area contributed by atoms with Crippen LogP contribution < -0.4 is 15.4 Å². The van der Waals surface area contributed by atoms with E-state index in [-0.39, 0.29) is 4.90 Å². The predicted molar refractivity (Wildman–Crippen MR) is 105 cm³/mol. The molecule has 5 rings (SSSR count). The lowest BCUT2D eigenvalue weighted by molar-refractivity contribution is 0.256. The molecule has 0 bridgehead atoms. The van der Waals surface area contributed by atoms with Crippen molar-refractivity contribution in [2.45, 2.75) is 56.4 Å². The van der Waals surface area contributed by atoms with Crippen LogP contribution in [-0.2, 0) is 42.3 Å². The number of sulfonamides is 1. The third kappa shape index (κ3) is 2.85. The predicted octanol–water partition coefficient (Wildman–Crippen LogP) is 2.19. The molecule has 0 unspecified atom stereocenters. The molecule has 0 fully saturated rings. The minimum Gasteiger partial charge on any atom is -0.369 e. The molecule has 2 amide bonds. The van der Waals surface area contributed by atoms with Gasteiger partial charge in [0.1, 0.15) is 10.7 Å². The van der Waals surface area contributed by atoms with Crippen LogP contribution in [0.4, 0.5) is 16.3 Å². The molecule has 1 aliphatic heterocycles. The third-order valence-corrected chi connectivity index (χ3v) is 7.23. The van der Waals surface area contributed by atoms with Gasteiger partial charge < -0.3 is 10.6 Å². The van der Waals surface area contributed by atoms with Crippen LogP contribution in [0.3, 0.4) is 0 Å². The molecule has 3 aliphatic rings. The van der Waals surface area contributed by atoms with Gasteiger partial charge >= 0.3 is 6.03 Å². The van der Waals surface area contributed by atoms with Crippen molar-refractivity contribution in [3.8, 4) is 0 Å². The summed E-state index contributed by atoms with van der Waals surface area (Å²) in [7, 11) is -4.01. The first-order valence-electron chi connectivity index (χ1n) is 9.83. The molecule has 3 N–H and O–H groups in total. The molecule has 9 heteroatoms. The zero-order valence-corrected chi connectivity index (χ0v) is 16.4. The fourth-order valence-electron chi connectivity index (χ4n) is 4.69. The molecule has 1 aromatic heterocycles. The Bertz CT molecular complexity index is 1070. The van der Waals surface area contributed by atoms with Crippen LogP contribution in [0, 0.1) is 0 Å². The lowest BCUT2D eigenvalue weighted by atomic mass is 9.98. The number of aryl methyl sites for hydroxylation is 2. The molecule has 8 nitrogen and oxygen atoms in total. The zero-order chi connectivity index (χ0) is 19.3. The summed E-state index contributed by atoms with van der Waals surface area (Å²) in [6.07, 6.45) is 8.49. The van der Waals surface area contributed by atoms with Crippen LogP contribution in [0.5, 0.6) is 0 Å². The second-order valence-corrected chi connectivity index (χ2v) is 9.30. The van der Waals surface area contributed by atoms with Crippen LogP contribution >= 0.6 is 0 Å². The van der Waals surface area contributed by atoms with E-state index in [1.54, 1.807) is 4.68 Å². The summed E-state index contributed by atoms with van der Waals surface area (Å²) < 4.78 is 29.2.